The third-order valence-corrected chi connectivity index (χ3v) is 3.71. The molecule has 1 aromatic rings. The zero-order valence-electron chi connectivity index (χ0n) is 10.5. The lowest BCUT2D eigenvalue weighted by molar-refractivity contribution is 0.226. The van der Waals surface area contributed by atoms with Crippen LogP contribution in [0.4, 0.5) is 0 Å². The molecule has 1 aliphatic rings. The Bertz CT molecular complexity index is 362. The van der Waals surface area contributed by atoms with Crippen molar-refractivity contribution in [2.75, 3.05) is 7.05 Å². The average molecular weight is 233 g/mol. The summed E-state index contributed by atoms with van der Waals surface area (Å²) in [6, 6.07) is 8.11. The Labute approximate surface area is 103 Å². The van der Waals surface area contributed by atoms with Gasteiger partial charge in [0.25, 0.3) is 0 Å². The Balaban J connectivity index is 1.93. The number of benzene rings is 1. The first-order valence-corrected chi connectivity index (χ1v) is 6.23. The van der Waals surface area contributed by atoms with Gasteiger partial charge in [-0.15, -0.1) is 0 Å². The monoisotopic (exact) mass is 233 g/mol. The predicted octanol–water partition coefficient (Wildman–Crippen LogP) is 0.597. The second-order valence-corrected chi connectivity index (χ2v) is 5.11. The van der Waals surface area contributed by atoms with Gasteiger partial charge in [0.1, 0.15) is 0 Å². The average Bonchev–Trinajstić information content (AvgIpc) is 3.12. The van der Waals surface area contributed by atoms with Gasteiger partial charge in [0, 0.05) is 12.6 Å². The molecule has 1 aromatic carbocycles. The van der Waals surface area contributed by atoms with E-state index in [1.165, 1.54) is 18.4 Å². The highest BCUT2D eigenvalue weighted by atomic mass is 16.4. The predicted molar refractivity (Wildman–Crippen MR) is 69.9 cm³/mol. The van der Waals surface area contributed by atoms with Gasteiger partial charge >= 0.3 is 7.12 Å². The minimum atomic E-state index is -1.37. The van der Waals surface area contributed by atoms with E-state index in [0.717, 1.165) is 12.5 Å². The molecule has 1 aliphatic carbocycles. The molecule has 0 radical (unpaired) electrons. The third kappa shape index (κ3) is 3.31. The summed E-state index contributed by atoms with van der Waals surface area (Å²) in [6.45, 7) is 3.20. The zero-order chi connectivity index (χ0) is 12.4. The number of rotatable bonds is 5. The van der Waals surface area contributed by atoms with Crippen LogP contribution in [0.1, 0.15) is 25.3 Å². The van der Waals surface area contributed by atoms with Crippen molar-refractivity contribution < 1.29 is 10.0 Å². The van der Waals surface area contributed by atoms with E-state index in [4.69, 9.17) is 10.0 Å². The van der Waals surface area contributed by atoms with Crippen molar-refractivity contribution in [1.29, 1.82) is 0 Å². The summed E-state index contributed by atoms with van der Waals surface area (Å²) in [5.74, 6) is 0.874. The van der Waals surface area contributed by atoms with Crippen LogP contribution in [0.25, 0.3) is 0 Å². The summed E-state index contributed by atoms with van der Waals surface area (Å²) in [7, 11) is 0.782. The van der Waals surface area contributed by atoms with Crippen molar-refractivity contribution in [3.63, 3.8) is 0 Å². The molecule has 0 saturated heterocycles. The Morgan fingerprint density at radius 3 is 2.35 bits per heavy atom. The van der Waals surface area contributed by atoms with Gasteiger partial charge in [0.2, 0.25) is 0 Å². The maximum atomic E-state index is 9.01. The van der Waals surface area contributed by atoms with Gasteiger partial charge in [-0.25, -0.2) is 0 Å². The van der Waals surface area contributed by atoms with Gasteiger partial charge < -0.3 is 10.0 Å². The molecule has 0 heterocycles. The van der Waals surface area contributed by atoms with Crippen LogP contribution in [0.5, 0.6) is 0 Å². The second-order valence-electron chi connectivity index (χ2n) is 5.11. The Kier molecular flexibility index (Phi) is 3.87. The first-order valence-electron chi connectivity index (χ1n) is 6.23. The highest BCUT2D eigenvalue weighted by Crippen LogP contribution is 2.34. The van der Waals surface area contributed by atoms with Crippen LogP contribution in [0.15, 0.2) is 24.3 Å². The summed E-state index contributed by atoms with van der Waals surface area (Å²) in [5.41, 5.74) is 1.76. The minimum Gasteiger partial charge on any atom is -0.423 e. The van der Waals surface area contributed by atoms with Crippen LogP contribution in [-0.2, 0) is 6.54 Å². The smallest absolute Gasteiger partial charge is 0.423 e. The van der Waals surface area contributed by atoms with E-state index < -0.39 is 7.12 Å². The third-order valence-electron chi connectivity index (χ3n) is 3.71. The molecule has 17 heavy (non-hydrogen) atoms. The SMILES string of the molecule is CC(C1CC1)N(C)Cc1ccc(B(O)O)cc1. The Morgan fingerprint density at radius 1 is 1.29 bits per heavy atom. The summed E-state index contributed by atoms with van der Waals surface area (Å²) in [6.07, 6.45) is 2.72. The van der Waals surface area contributed by atoms with Gasteiger partial charge in [-0.1, -0.05) is 24.3 Å². The number of hydrogen-bond acceptors (Lipinski definition) is 3. The van der Waals surface area contributed by atoms with Gasteiger partial charge in [-0.2, -0.15) is 0 Å². The van der Waals surface area contributed by atoms with E-state index in [1.807, 2.05) is 12.1 Å². The van der Waals surface area contributed by atoms with E-state index >= 15 is 0 Å². The molecule has 1 atom stereocenters. The van der Waals surface area contributed by atoms with Crippen LogP contribution < -0.4 is 5.46 Å². The molecule has 2 N–H and O–H groups in total. The standard InChI is InChI=1S/C13H20BNO2/c1-10(12-5-6-12)15(2)9-11-3-7-13(8-4-11)14(16)17/h3-4,7-8,10,12,16-17H,5-6,9H2,1-2H3. The molecule has 0 aromatic heterocycles. The summed E-state index contributed by atoms with van der Waals surface area (Å²) < 4.78 is 0. The molecule has 92 valence electrons. The van der Waals surface area contributed by atoms with Gasteiger partial charge in [0.05, 0.1) is 0 Å². The minimum absolute atomic E-state index is 0.548. The van der Waals surface area contributed by atoms with Crippen LogP contribution in [0.3, 0.4) is 0 Å². The molecular formula is C13H20BNO2. The lowest BCUT2D eigenvalue weighted by atomic mass is 9.80. The molecule has 4 heteroatoms. The van der Waals surface area contributed by atoms with Crippen LogP contribution in [-0.4, -0.2) is 35.2 Å². The molecule has 0 bridgehead atoms. The molecule has 3 nitrogen and oxygen atoms in total. The van der Waals surface area contributed by atoms with Crippen LogP contribution >= 0.6 is 0 Å². The van der Waals surface area contributed by atoms with E-state index in [0.29, 0.717) is 11.5 Å². The van der Waals surface area contributed by atoms with E-state index in [2.05, 4.69) is 18.9 Å². The van der Waals surface area contributed by atoms with Crippen molar-refractivity contribution >= 4 is 12.6 Å². The molecule has 1 fully saturated rings. The largest absolute Gasteiger partial charge is 0.488 e. The zero-order valence-corrected chi connectivity index (χ0v) is 10.5. The molecule has 0 amide bonds. The maximum absolute atomic E-state index is 9.01. The topological polar surface area (TPSA) is 43.7 Å². The fourth-order valence-corrected chi connectivity index (χ4v) is 2.17. The summed E-state index contributed by atoms with van der Waals surface area (Å²) in [5, 5.41) is 18.0. The molecule has 0 aliphatic heterocycles. The normalized spacial score (nSPS) is 17.2. The highest BCUT2D eigenvalue weighted by Gasteiger charge is 2.30. The first kappa shape index (κ1) is 12.6. The Hall–Kier alpha value is -0.835. The van der Waals surface area contributed by atoms with Gasteiger partial charge in [-0.05, 0) is 43.8 Å². The Morgan fingerprint density at radius 2 is 1.88 bits per heavy atom. The van der Waals surface area contributed by atoms with Crippen molar-refractivity contribution in [2.24, 2.45) is 5.92 Å². The fraction of sp³-hybridized carbons (Fsp3) is 0.538. The van der Waals surface area contributed by atoms with Gasteiger partial charge in [0.15, 0.2) is 0 Å². The number of nitrogens with zero attached hydrogens (tertiary/aromatic N) is 1. The van der Waals surface area contributed by atoms with Crippen molar-refractivity contribution in [3.8, 4) is 0 Å². The van der Waals surface area contributed by atoms with Gasteiger partial charge in [-0.3, -0.25) is 4.90 Å². The quantitative estimate of drug-likeness (QED) is 0.732. The number of hydrogen-bond donors (Lipinski definition) is 2. The van der Waals surface area contributed by atoms with Crippen LogP contribution in [0.2, 0.25) is 0 Å². The highest BCUT2D eigenvalue weighted by molar-refractivity contribution is 6.58. The summed E-state index contributed by atoms with van der Waals surface area (Å²) in [4.78, 5) is 2.36. The molecule has 2 rings (SSSR count). The maximum Gasteiger partial charge on any atom is 0.488 e. The lowest BCUT2D eigenvalue weighted by Crippen LogP contribution is -2.31. The molecule has 1 saturated carbocycles. The molecule has 1 unspecified atom stereocenters. The second kappa shape index (κ2) is 5.21. The van der Waals surface area contributed by atoms with Crippen LogP contribution in [0, 0.1) is 5.92 Å². The molecular weight excluding hydrogens is 213 g/mol. The summed E-state index contributed by atoms with van der Waals surface area (Å²) >= 11 is 0. The fourth-order valence-electron chi connectivity index (χ4n) is 2.17. The van der Waals surface area contributed by atoms with E-state index in [-0.39, 0.29) is 0 Å². The molecule has 0 spiro atoms. The first-order chi connectivity index (χ1) is 8.08. The van der Waals surface area contributed by atoms with E-state index in [1.54, 1.807) is 12.1 Å². The van der Waals surface area contributed by atoms with Crippen molar-refractivity contribution in [3.05, 3.63) is 29.8 Å². The lowest BCUT2D eigenvalue weighted by Gasteiger charge is -2.24. The van der Waals surface area contributed by atoms with E-state index in [9.17, 15) is 0 Å². The van der Waals surface area contributed by atoms with Crippen molar-refractivity contribution in [1.82, 2.24) is 4.90 Å². The van der Waals surface area contributed by atoms with Crippen molar-refractivity contribution in [2.45, 2.75) is 32.4 Å².